The third-order valence-electron chi connectivity index (χ3n) is 5.61. The van der Waals surface area contributed by atoms with Crippen LogP contribution in [0.3, 0.4) is 0 Å². The second-order valence-corrected chi connectivity index (χ2v) is 9.22. The fraction of sp³-hybridized carbons (Fsp3) is 1.00. The van der Waals surface area contributed by atoms with Crippen molar-refractivity contribution >= 4 is 0 Å². The van der Waals surface area contributed by atoms with Gasteiger partial charge in [0.05, 0.1) is 0 Å². The summed E-state index contributed by atoms with van der Waals surface area (Å²) in [6.45, 7) is 17.1. The van der Waals surface area contributed by atoms with E-state index in [-0.39, 0.29) is 0 Å². The van der Waals surface area contributed by atoms with E-state index in [4.69, 9.17) is 0 Å². The summed E-state index contributed by atoms with van der Waals surface area (Å²) in [5.74, 6) is 0.908. The number of piperidine rings is 1. The van der Waals surface area contributed by atoms with E-state index in [0.29, 0.717) is 16.9 Å². The van der Waals surface area contributed by atoms with Crippen LogP contribution in [-0.2, 0) is 0 Å². The van der Waals surface area contributed by atoms with Crippen molar-refractivity contribution in [2.75, 3.05) is 26.2 Å². The Hall–Kier alpha value is -0.0800. The van der Waals surface area contributed by atoms with Crippen molar-refractivity contribution in [2.45, 2.75) is 79.2 Å². The molecule has 0 bridgehead atoms. The molecule has 2 aliphatic rings. The van der Waals surface area contributed by atoms with Crippen LogP contribution in [-0.4, -0.2) is 37.1 Å². The van der Waals surface area contributed by atoms with E-state index in [1.807, 2.05) is 0 Å². The minimum absolute atomic E-state index is 0.519. The Morgan fingerprint density at radius 2 is 1.95 bits per heavy atom. The molecule has 124 valence electrons. The zero-order valence-corrected chi connectivity index (χ0v) is 15.2. The summed E-state index contributed by atoms with van der Waals surface area (Å²) in [5.41, 5.74) is 1.04. The van der Waals surface area contributed by atoms with Crippen molar-refractivity contribution < 1.29 is 0 Å². The highest BCUT2D eigenvalue weighted by atomic mass is 15.1. The molecule has 2 fully saturated rings. The van der Waals surface area contributed by atoms with Crippen LogP contribution in [0.4, 0.5) is 0 Å². The molecule has 2 unspecified atom stereocenters. The molecular formula is C19H38N2. The van der Waals surface area contributed by atoms with Gasteiger partial charge in [-0.25, -0.2) is 0 Å². The molecule has 2 nitrogen and oxygen atoms in total. The number of hydrogen-bond donors (Lipinski definition) is 1. The lowest BCUT2D eigenvalue weighted by atomic mass is 9.69. The number of rotatable bonds is 5. The van der Waals surface area contributed by atoms with Gasteiger partial charge in [-0.15, -0.1) is 0 Å². The molecule has 1 aliphatic carbocycles. The van der Waals surface area contributed by atoms with Crippen molar-refractivity contribution in [3.8, 4) is 0 Å². The largest absolute Gasteiger partial charge is 0.314 e. The highest BCUT2D eigenvalue weighted by Crippen LogP contribution is 2.41. The third kappa shape index (κ3) is 5.25. The van der Waals surface area contributed by atoms with Crippen LogP contribution >= 0.6 is 0 Å². The summed E-state index contributed by atoms with van der Waals surface area (Å²) in [7, 11) is 0. The fourth-order valence-electron chi connectivity index (χ4n) is 4.70. The highest BCUT2D eigenvalue weighted by molar-refractivity contribution is 4.92. The van der Waals surface area contributed by atoms with E-state index >= 15 is 0 Å². The average molecular weight is 295 g/mol. The zero-order chi connectivity index (χ0) is 15.5. The quantitative estimate of drug-likeness (QED) is 0.813. The number of nitrogens with zero attached hydrogens (tertiary/aromatic N) is 1. The molecule has 0 amide bonds. The van der Waals surface area contributed by atoms with Gasteiger partial charge in [0, 0.05) is 25.7 Å². The van der Waals surface area contributed by atoms with Gasteiger partial charge in [0.15, 0.2) is 0 Å². The lowest BCUT2D eigenvalue weighted by Crippen LogP contribution is -2.51. The Labute approximate surface area is 133 Å². The van der Waals surface area contributed by atoms with Crippen LogP contribution < -0.4 is 5.32 Å². The molecule has 0 radical (unpaired) electrons. The average Bonchev–Trinajstić information content (AvgIpc) is 2.35. The standard InChI is InChI=1S/C19H38N2/c1-16(2)20-13-19(10-6-8-17(3)12-19)15-21-11-7-9-18(4,5)14-21/h16-17,20H,6-15H2,1-5H3. The van der Waals surface area contributed by atoms with Crippen LogP contribution in [0, 0.1) is 16.7 Å². The Bertz CT molecular complexity index is 324. The van der Waals surface area contributed by atoms with Crippen molar-refractivity contribution in [3.63, 3.8) is 0 Å². The Balaban J connectivity index is 2.01. The summed E-state index contributed by atoms with van der Waals surface area (Å²) < 4.78 is 0. The predicted molar refractivity (Wildman–Crippen MR) is 92.7 cm³/mol. The van der Waals surface area contributed by atoms with Crippen LogP contribution in [0.15, 0.2) is 0 Å². The van der Waals surface area contributed by atoms with Crippen LogP contribution in [0.2, 0.25) is 0 Å². The first-order valence-corrected chi connectivity index (χ1v) is 9.26. The molecule has 21 heavy (non-hydrogen) atoms. The molecule has 0 aromatic carbocycles. The Morgan fingerprint density at radius 1 is 1.19 bits per heavy atom. The van der Waals surface area contributed by atoms with Gasteiger partial charge in [-0.3, -0.25) is 0 Å². The summed E-state index contributed by atoms with van der Waals surface area (Å²) in [6, 6.07) is 0.608. The van der Waals surface area contributed by atoms with E-state index in [0.717, 1.165) is 5.92 Å². The summed E-state index contributed by atoms with van der Waals surface area (Å²) in [6.07, 6.45) is 8.50. The highest BCUT2D eigenvalue weighted by Gasteiger charge is 2.38. The number of hydrogen-bond acceptors (Lipinski definition) is 2. The lowest BCUT2D eigenvalue weighted by Gasteiger charge is -2.47. The first-order valence-electron chi connectivity index (χ1n) is 9.26. The minimum atomic E-state index is 0.519. The van der Waals surface area contributed by atoms with E-state index in [1.54, 1.807) is 0 Å². The molecule has 2 rings (SSSR count). The van der Waals surface area contributed by atoms with E-state index < -0.39 is 0 Å². The van der Waals surface area contributed by atoms with Crippen LogP contribution in [0.25, 0.3) is 0 Å². The molecule has 0 spiro atoms. The van der Waals surface area contributed by atoms with Gasteiger partial charge in [-0.2, -0.15) is 0 Å². The molecule has 1 saturated heterocycles. The number of likely N-dealkylation sites (tertiary alicyclic amines) is 1. The second kappa shape index (κ2) is 7.00. The molecule has 1 heterocycles. The monoisotopic (exact) mass is 294 g/mol. The Kier molecular flexibility index (Phi) is 5.76. The van der Waals surface area contributed by atoms with Gasteiger partial charge in [0.1, 0.15) is 0 Å². The van der Waals surface area contributed by atoms with Crippen molar-refractivity contribution in [2.24, 2.45) is 16.7 Å². The molecular weight excluding hydrogens is 256 g/mol. The normalized spacial score (nSPS) is 34.3. The topological polar surface area (TPSA) is 15.3 Å². The van der Waals surface area contributed by atoms with Gasteiger partial charge in [0.25, 0.3) is 0 Å². The van der Waals surface area contributed by atoms with Crippen molar-refractivity contribution in [1.82, 2.24) is 10.2 Å². The van der Waals surface area contributed by atoms with E-state index in [1.165, 1.54) is 64.7 Å². The smallest absolute Gasteiger partial charge is 0.00505 e. The maximum atomic E-state index is 3.76. The van der Waals surface area contributed by atoms with Gasteiger partial charge in [-0.1, -0.05) is 47.5 Å². The van der Waals surface area contributed by atoms with Crippen LogP contribution in [0.5, 0.6) is 0 Å². The molecule has 0 aromatic heterocycles. The molecule has 0 aromatic rings. The second-order valence-electron chi connectivity index (χ2n) is 9.22. The number of nitrogens with one attached hydrogen (secondary N) is 1. The Morgan fingerprint density at radius 3 is 2.57 bits per heavy atom. The molecule has 1 saturated carbocycles. The SMILES string of the molecule is CC1CCCC(CNC(C)C)(CN2CCCC(C)(C)C2)C1. The lowest BCUT2D eigenvalue weighted by molar-refractivity contribution is 0.0364. The van der Waals surface area contributed by atoms with E-state index in [9.17, 15) is 0 Å². The molecule has 2 heteroatoms. The third-order valence-corrected chi connectivity index (χ3v) is 5.61. The van der Waals surface area contributed by atoms with Gasteiger partial charge >= 0.3 is 0 Å². The van der Waals surface area contributed by atoms with Crippen LogP contribution in [0.1, 0.15) is 73.1 Å². The zero-order valence-electron chi connectivity index (χ0n) is 15.2. The van der Waals surface area contributed by atoms with Crippen molar-refractivity contribution in [3.05, 3.63) is 0 Å². The molecule has 1 aliphatic heterocycles. The maximum Gasteiger partial charge on any atom is 0.00505 e. The first-order chi connectivity index (χ1) is 9.80. The maximum absolute atomic E-state index is 3.76. The summed E-state index contributed by atoms with van der Waals surface area (Å²) >= 11 is 0. The summed E-state index contributed by atoms with van der Waals surface area (Å²) in [4.78, 5) is 2.78. The van der Waals surface area contributed by atoms with Crippen molar-refractivity contribution in [1.29, 1.82) is 0 Å². The first kappa shape index (κ1) is 17.3. The molecule has 1 N–H and O–H groups in total. The van der Waals surface area contributed by atoms with Gasteiger partial charge < -0.3 is 10.2 Å². The summed E-state index contributed by atoms with van der Waals surface area (Å²) in [5, 5.41) is 3.76. The molecule has 2 atom stereocenters. The fourth-order valence-corrected chi connectivity index (χ4v) is 4.70. The van der Waals surface area contributed by atoms with Gasteiger partial charge in [0.2, 0.25) is 0 Å². The van der Waals surface area contributed by atoms with E-state index in [2.05, 4.69) is 44.8 Å². The minimum Gasteiger partial charge on any atom is -0.314 e. The predicted octanol–water partition coefficient (Wildman–Crippen LogP) is 4.30. The van der Waals surface area contributed by atoms with Gasteiger partial charge in [-0.05, 0) is 49.0 Å².